The monoisotopic (exact) mass is 400 g/mol. The summed E-state index contributed by atoms with van der Waals surface area (Å²) in [5.41, 5.74) is 1.51. The Labute approximate surface area is 166 Å². The Kier molecular flexibility index (Phi) is 6.29. The second kappa shape index (κ2) is 9.05. The van der Waals surface area contributed by atoms with Crippen LogP contribution in [0.25, 0.3) is 17.5 Å². The van der Waals surface area contributed by atoms with E-state index in [1.165, 1.54) is 6.08 Å². The molecule has 0 atom stereocenters. The zero-order chi connectivity index (χ0) is 19.9. The molecule has 8 heteroatoms. The molecular weight excluding hydrogens is 384 g/mol. The van der Waals surface area contributed by atoms with E-state index >= 15 is 0 Å². The molecule has 1 heterocycles. The van der Waals surface area contributed by atoms with E-state index < -0.39 is 5.97 Å². The van der Waals surface area contributed by atoms with Gasteiger partial charge in [-0.15, -0.1) is 0 Å². The van der Waals surface area contributed by atoms with Crippen molar-refractivity contribution >= 4 is 23.6 Å². The molecule has 0 spiro atoms. The van der Waals surface area contributed by atoms with Crippen molar-refractivity contribution in [1.29, 1.82) is 0 Å². The minimum atomic E-state index is -0.541. The Balaban J connectivity index is 1.57. The number of methoxy groups -OCH3 is 2. The number of rotatable bonds is 7. The van der Waals surface area contributed by atoms with E-state index in [-0.39, 0.29) is 12.5 Å². The number of ether oxygens (including phenoxy) is 3. The molecule has 0 aliphatic carbocycles. The molecule has 0 unspecified atom stereocenters. The Morgan fingerprint density at radius 3 is 2.57 bits per heavy atom. The summed E-state index contributed by atoms with van der Waals surface area (Å²) < 4.78 is 20.6. The van der Waals surface area contributed by atoms with Gasteiger partial charge in [0.05, 0.1) is 14.2 Å². The van der Waals surface area contributed by atoms with Crippen LogP contribution >= 0.6 is 11.6 Å². The van der Waals surface area contributed by atoms with Crippen LogP contribution in [-0.2, 0) is 16.1 Å². The molecule has 0 amide bonds. The molecule has 1 aromatic heterocycles. The average Bonchev–Trinajstić information content (AvgIpc) is 3.20. The van der Waals surface area contributed by atoms with Crippen molar-refractivity contribution in [3.05, 3.63) is 65.0 Å². The number of esters is 1. The molecule has 7 nitrogen and oxygen atoms in total. The summed E-state index contributed by atoms with van der Waals surface area (Å²) in [6.07, 6.45) is 2.91. The van der Waals surface area contributed by atoms with Gasteiger partial charge in [-0.1, -0.05) is 22.8 Å². The Bertz CT molecular complexity index is 983. The van der Waals surface area contributed by atoms with E-state index in [9.17, 15) is 4.79 Å². The van der Waals surface area contributed by atoms with Gasteiger partial charge in [0.15, 0.2) is 18.1 Å². The van der Waals surface area contributed by atoms with Gasteiger partial charge in [-0.2, -0.15) is 4.98 Å². The highest BCUT2D eigenvalue weighted by Gasteiger charge is 2.10. The highest BCUT2D eigenvalue weighted by molar-refractivity contribution is 6.30. The highest BCUT2D eigenvalue weighted by atomic mass is 35.5. The number of nitrogens with zero attached hydrogens (tertiary/aromatic N) is 2. The first-order chi connectivity index (χ1) is 13.6. The number of benzene rings is 2. The summed E-state index contributed by atoms with van der Waals surface area (Å²) in [5, 5.41) is 4.47. The third kappa shape index (κ3) is 4.89. The van der Waals surface area contributed by atoms with Crippen LogP contribution in [0.1, 0.15) is 11.5 Å². The molecule has 144 valence electrons. The molecule has 28 heavy (non-hydrogen) atoms. The Morgan fingerprint density at radius 2 is 1.86 bits per heavy atom. The van der Waals surface area contributed by atoms with Gasteiger partial charge < -0.3 is 18.7 Å². The number of aromatic nitrogens is 2. The van der Waals surface area contributed by atoms with Crippen LogP contribution in [0.3, 0.4) is 0 Å². The van der Waals surface area contributed by atoms with Crippen LogP contribution in [0, 0.1) is 0 Å². The molecule has 0 bridgehead atoms. The lowest BCUT2D eigenvalue weighted by molar-refractivity contribution is -0.139. The lowest BCUT2D eigenvalue weighted by Crippen LogP contribution is -2.01. The fraction of sp³-hybridized carbons (Fsp3) is 0.150. The van der Waals surface area contributed by atoms with Crippen molar-refractivity contribution in [2.24, 2.45) is 0 Å². The maximum absolute atomic E-state index is 11.9. The first kappa shape index (κ1) is 19.4. The van der Waals surface area contributed by atoms with Gasteiger partial charge in [-0.3, -0.25) is 0 Å². The molecule has 0 aliphatic heterocycles. The maximum atomic E-state index is 11.9. The van der Waals surface area contributed by atoms with E-state index in [1.54, 1.807) is 62.8 Å². The van der Waals surface area contributed by atoms with E-state index in [4.69, 9.17) is 30.3 Å². The third-order valence-corrected chi connectivity index (χ3v) is 3.98. The molecule has 0 fully saturated rings. The smallest absolute Gasteiger partial charge is 0.331 e. The topological polar surface area (TPSA) is 83.7 Å². The molecule has 0 N–H and O–H groups in total. The van der Waals surface area contributed by atoms with Crippen LogP contribution in [0.5, 0.6) is 11.5 Å². The molecule has 0 saturated heterocycles. The van der Waals surface area contributed by atoms with Crippen LogP contribution in [0.2, 0.25) is 5.02 Å². The van der Waals surface area contributed by atoms with E-state index in [1.807, 2.05) is 0 Å². The summed E-state index contributed by atoms with van der Waals surface area (Å²) in [4.78, 5) is 16.1. The van der Waals surface area contributed by atoms with Gasteiger partial charge >= 0.3 is 5.97 Å². The van der Waals surface area contributed by atoms with Crippen molar-refractivity contribution < 1.29 is 23.5 Å². The number of carbonyl (C=O) groups excluding carboxylic acids is 1. The van der Waals surface area contributed by atoms with Crippen molar-refractivity contribution in [1.82, 2.24) is 10.1 Å². The standard InChI is InChI=1S/C20H17ClN2O5/c1-25-16-9-3-13(11-17(16)26-2)4-10-19(24)27-12-18-22-20(23-28-18)14-5-7-15(21)8-6-14/h3-11H,12H2,1-2H3/b10-4+. The predicted molar refractivity (Wildman–Crippen MR) is 103 cm³/mol. The first-order valence-electron chi connectivity index (χ1n) is 8.24. The minimum absolute atomic E-state index is 0.129. The largest absolute Gasteiger partial charge is 0.493 e. The van der Waals surface area contributed by atoms with Crippen molar-refractivity contribution in [2.75, 3.05) is 14.2 Å². The molecule has 0 saturated carbocycles. The SMILES string of the molecule is COc1ccc(/C=C/C(=O)OCc2nc(-c3ccc(Cl)cc3)no2)cc1OC. The van der Waals surface area contributed by atoms with Gasteiger partial charge in [-0.25, -0.2) is 4.79 Å². The van der Waals surface area contributed by atoms with Crippen molar-refractivity contribution in [2.45, 2.75) is 6.61 Å². The van der Waals surface area contributed by atoms with E-state index in [0.717, 1.165) is 11.1 Å². The average molecular weight is 401 g/mol. The van der Waals surface area contributed by atoms with Crippen molar-refractivity contribution in [3.8, 4) is 22.9 Å². The zero-order valence-electron chi connectivity index (χ0n) is 15.2. The summed E-state index contributed by atoms with van der Waals surface area (Å²) in [6.45, 7) is -0.129. The number of halogens is 1. The minimum Gasteiger partial charge on any atom is -0.493 e. The molecule has 0 aliphatic rings. The third-order valence-electron chi connectivity index (χ3n) is 3.73. The molecule has 2 aromatic carbocycles. The van der Waals surface area contributed by atoms with Gasteiger partial charge in [0.2, 0.25) is 5.82 Å². The van der Waals surface area contributed by atoms with E-state index in [0.29, 0.717) is 22.3 Å². The van der Waals surface area contributed by atoms with Crippen LogP contribution < -0.4 is 9.47 Å². The predicted octanol–water partition coefficient (Wildman–Crippen LogP) is 4.16. The fourth-order valence-electron chi connectivity index (χ4n) is 2.33. The Morgan fingerprint density at radius 1 is 1.11 bits per heavy atom. The fourth-order valence-corrected chi connectivity index (χ4v) is 2.46. The number of carbonyl (C=O) groups is 1. The van der Waals surface area contributed by atoms with Crippen LogP contribution in [0.15, 0.2) is 53.1 Å². The summed E-state index contributed by atoms with van der Waals surface area (Å²) in [7, 11) is 3.10. The molecular formula is C20H17ClN2O5. The summed E-state index contributed by atoms with van der Waals surface area (Å²) in [5.74, 6) is 1.22. The summed E-state index contributed by atoms with van der Waals surface area (Å²) >= 11 is 5.85. The summed E-state index contributed by atoms with van der Waals surface area (Å²) in [6, 6.07) is 12.3. The maximum Gasteiger partial charge on any atom is 0.331 e. The second-order valence-electron chi connectivity index (χ2n) is 5.57. The van der Waals surface area contributed by atoms with Crippen molar-refractivity contribution in [3.63, 3.8) is 0 Å². The first-order valence-corrected chi connectivity index (χ1v) is 8.62. The van der Waals surface area contributed by atoms with Gasteiger partial charge in [0, 0.05) is 16.7 Å². The van der Waals surface area contributed by atoms with Gasteiger partial charge in [0.25, 0.3) is 5.89 Å². The second-order valence-corrected chi connectivity index (χ2v) is 6.01. The normalized spacial score (nSPS) is 10.8. The van der Waals surface area contributed by atoms with Gasteiger partial charge in [-0.05, 0) is 48.0 Å². The quantitative estimate of drug-likeness (QED) is 0.434. The number of hydrogen-bond acceptors (Lipinski definition) is 7. The molecule has 3 aromatic rings. The molecule has 3 rings (SSSR count). The lowest BCUT2D eigenvalue weighted by atomic mass is 10.2. The van der Waals surface area contributed by atoms with Gasteiger partial charge in [0.1, 0.15) is 0 Å². The van der Waals surface area contributed by atoms with Crippen LogP contribution in [-0.4, -0.2) is 30.3 Å². The Hall–Kier alpha value is -3.32. The van der Waals surface area contributed by atoms with E-state index in [2.05, 4.69) is 10.1 Å². The highest BCUT2D eigenvalue weighted by Crippen LogP contribution is 2.28. The zero-order valence-corrected chi connectivity index (χ0v) is 16.0. The molecule has 0 radical (unpaired) electrons. The van der Waals surface area contributed by atoms with Crippen LogP contribution in [0.4, 0.5) is 0 Å². The number of hydrogen-bond donors (Lipinski definition) is 0. The lowest BCUT2D eigenvalue weighted by Gasteiger charge is -2.07.